The molecular formula is C18H23N5O2. The lowest BCUT2D eigenvalue weighted by Crippen LogP contribution is -2.48. The van der Waals surface area contributed by atoms with Gasteiger partial charge in [0.1, 0.15) is 12.1 Å². The van der Waals surface area contributed by atoms with Crippen molar-refractivity contribution in [2.45, 2.75) is 13.8 Å². The van der Waals surface area contributed by atoms with Crippen molar-refractivity contribution in [1.82, 2.24) is 19.9 Å². The molecule has 3 heterocycles. The van der Waals surface area contributed by atoms with Gasteiger partial charge in [-0.05, 0) is 12.0 Å². The SMILES string of the molecule is CC(C)COc1ccc(-c2cc(N3CCN(C)C(=O)C3)ncn2)cn1. The van der Waals surface area contributed by atoms with E-state index in [0.29, 0.717) is 31.5 Å². The summed E-state index contributed by atoms with van der Waals surface area (Å²) in [7, 11) is 1.82. The van der Waals surface area contributed by atoms with Crippen molar-refractivity contribution in [1.29, 1.82) is 0 Å². The molecule has 132 valence electrons. The van der Waals surface area contributed by atoms with Gasteiger partial charge in [0.05, 0.1) is 18.8 Å². The molecule has 2 aromatic heterocycles. The highest BCUT2D eigenvalue weighted by Crippen LogP contribution is 2.22. The first-order valence-corrected chi connectivity index (χ1v) is 8.43. The van der Waals surface area contributed by atoms with Crippen molar-refractivity contribution in [2.24, 2.45) is 5.92 Å². The number of ether oxygens (including phenoxy) is 1. The lowest BCUT2D eigenvalue weighted by atomic mass is 10.2. The Morgan fingerprint density at radius 3 is 2.72 bits per heavy atom. The Hall–Kier alpha value is -2.70. The summed E-state index contributed by atoms with van der Waals surface area (Å²) in [6.07, 6.45) is 3.27. The van der Waals surface area contributed by atoms with Crippen LogP contribution in [0.4, 0.5) is 5.82 Å². The fraction of sp³-hybridized carbons (Fsp3) is 0.444. The van der Waals surface area contributed by atoms with E-state index in [0.717, 1.165) is 23.6 Å². The molecule has 1 fully saturated rings. The molecule has 25 heavy (non-hydrogen) atoms. The van der Waals surface area contributed by atoms with Gasteiger partial charge in [-0.2, -0.15) is 0 Å². The van der Waals surface area contributed by atoms with Gasteiger partial charge in [-0.25, -0.2) is 15.0 Å². The minimum Gasteiger partial charge on any atom is -0.477 e. The smallest absolute Gasteiger partial charge is 0.241 e. The van der Waals surface area contributed by atoms with Crippen LogP contribution in [0.5, 0.6) is 5.88 Å². The summed E-state index contributed by atoms with van der Waals surface area (Å²) in [5.41, 5.74) is 1.67. The number of amides is 1. The zero-order chi connectivity index (χ0) is 17.8. The fourth-order valence-electron chi connectivity index (χ4n) is 2.50. The molecule has 7 heteroatoms. The summed E-state index contributed by atoms with van der Waals surface area (Å²) in [4.78, 5) is 28.6. The van der Waals surface area contributed by atoms with Crippen LogP contribution < -0.4 is 9.64 Å². The first kappa shape index (κ1) is 17.1. The predicted octanol–water partition coefficient (Wildman–Crippen LogP) is 1.85. The number of aromatic nitrogens is 3. The average molecular weight is 341 g/mol. The van der Waals surface area contributed by atoms with E-state index in [1.165, 1.54) is 6.33 Å². The summed E-state index contributed by atoms with van der Waals surface area (Å²) < 4.78 is 5.60. The second-order valence-corrected chi connectivity index (χ2v) is 6.59. The molecule has 1 aliphatic heterocycles. The molecule has 1 saturated heterocycles. The highest BCUT2D eigenvalue weighted by molar-refractivity contribution is 5.82. The number of pyridine rings is 1. The summed E-state index contributed by atoms with van der Waals surface area (Å²) >= 11 is 0. The van der Waals surface area contributed by atoms with E-state index in [9.17, 15) is 4.79 Å². The molecule has 0 aromatic carbocycles. The van der Waals surface area contributed by atoms with Crippen LogP contribution in [-0.4, -0.2) is 59.0 Å². The Bertz CT molecular complexity index is 733. The standard InChI is InChI=1S/C18H23N5O2/c1-13(2)11-25-17-5-4-14(9-19-17)15-8-16(21-12-20-15)23-7-6-22(3)18(24)10-23/h4-5,8-9,12-13H,6-7,10-11H2,1-3H3. The Morgan fingerprint density at radius 2 is 2.04 bits per heavy atom. The fourth-order valence-corrected chi connectivity index (χ4v) is 2.50. The maximum atomic E-state index is 11.9. The Kier molecular flexibility index (Phi) is 5.11. The van der Waals surface area contributed by atoms with Crippen LogP contribution >= 0.6 is 0 Å². The maximum Gasteiger partial charge on any atom is 0.241 e. The predicted molar refractivity (Wildman–Crippen MR) is 95.4 cm³/mol. The van der Waals surface area contributed by atoms with Crippen LogP contribution in [0.15, 0.2) is 30.7 Å². The third-order valence-corrected chi connectivity index (χ3v) is 4.03. The Labute approximate surface area is 147 Å². The topological polar surface area (TPSA) is 71.5 Å². The van der Waals surface area contributed by atoms with Gasteiger partial charge in [0.2, 0.25) is 11.8 Å². The molecule has 0 radical (unpaired) electrons. The van der Waals surface area contributed by atoms with Crippen molar-refractivity contribution < 1.29 is 9.53 Å². The molecule has 0 atom stereocenters. The van der Waals surface area contributed by atoms with Crippen LogP contribution in [0.1, 0.15) is 13.8 Å². The van der Waals surface area contributed by atoms with Crippen LogP contribution in [0, 0.1) is 5.92 Å². The number of hydrogen-bond acceptors (Lipinski definition) is 6. The summed E-state index contributed by atoms with van der Waals surface area (Å²) in [6.45, 7) is 6.63. The molecule has 0 bridgehead atoms. The molecule has 7 nitrogen and oxygen atoms in total. The van der Waals surface area contributed by atoms with Crippen LogP contribution in [0.2, 0.25) is 0 Å². The van der Waals surface area contributed by atoms with E-state index in [4.69, 9.17) is 4.74 Å². The number of rotatable bonds is 5. The average Bonchev–Trinajstić information content (AvgIpc) is 2.63. The number of likely N-dealkylation sites (N-methyl/N-ethyl adjacent to an activating group) is 1. The van der Waals surface area contributed by atoms with E-state index >= 15 is 0 Å². The minimum absolute atomic E-state index is 0.0970. The third-order valence-electron chi connectivity index (χ3n) is 4.03. The van der Waals surface area contributed by atoms with Gasteiger partial charge in [-0.15, -0.1) is 0 Å². The lowest BCUT2D eigenvalue weighted by Gasteiger charge is -2.32. The second kappa shape index (κ2) is 7.46. The molecule has 0 N–H and O–H groups in total. The monoisotopic (exact) mass is 341 g/mol. The molecule has 0 spiro atoms. The molecule has 1 amide bonds. The number of piperazine rings is 1. The van der Waals surface area contributed by atoms with Crippen LogP contribution in [-0.2, 0) is 4.79 Å². The zero-order valence-corrected chi connectivity index (χ0v) is 14.8. The quantitative estimate of drug-likeness (QED) is 0.826. The van der Waals surface area contributed by atoms with Gasteiger partial charge in [-0.3, -0.25) is 4.79 Å². The minimum atomic E-state index is 0.0970. The zero-order valence-electron chi connectivity index (χ0n) is 14.8. The van der Waals surface area contributed by atoms with E-state index in [2.05, 4.69) is 28.8 Å². The molecule has 0 unspecified atom stereocenters. The third kappa shape index (κ3) is 4.23. The highest BCUT2D eigenvalue weighted by atomic mass is 16.5. The number of hydrogen-bond donors (Lipinski definition) is 0. The van der Waals surface area contributed by atoms with Crippen molar-refractivity contribution >= 4 is 11.7 Å². The molecule has 0 aliphatic carbocycles. The largest absolute Gasteiger partial charge is 0.477 e. The number of carbonyl (C=O) groups is 1. The van der Waals surface area contributed by atoms with Crippen molar-refractivity contribution in [3.05, 3.63) is 30.7 Å². The van der Waals surface area contributed by atoms with E-state index < -0.39 is 0 Å². The van der Waals surface area contributed by atoms with E-state index in [1.807, 2.05) is 30.1 Å². The van der Waals surface area contributed by atoms with Gasteiger partial charge >= 0.3 is 0 Å². The summed E-state index contributed by atoms with van der Waals surface area (Å²) in [5.74, 6) is 1.92. The Morgan fingerprint density at radius 1 is 1.20 bits per heavy atom. The number of anilines is 1. The number of carbonyl (C=O) groups excluding carboxylic acids is 1. The molecule has 2 aromatic rings. The highest BCUT2D eigenvalue weighted by Gasteiger charge is 2.22. The van der Waals surface area contributed by atoms with Crippen LogP contribution in [0.3, 0.4) is 0 Å². The van der Waals surface area contributed by atoms with E-state index in [1.54, 1.807) is 11.1 Å². The molecule has 3 rings (SSSR count). The van der Waals surface area contributed by atoms with Gasteiger partial charge < -0.3 is 14.5 Å². The first-order valence-electron chi connectivity index (χ1n) is 8.43. The first-order chi connectivity index (χ1) is 12.0. The summed E-state index contributed by atoms with van der Waals surface area (Å²) in [5, 5.41) is 0. The van der Waals surface area contributed by atoms with Crippen molar-refractivity contribution in [2.75, 3.05) is 38.2 Å². The molecular weight excluding hydrogens is 318 g/mol. The number of nitrogens with zero attached hydrogens (tertiary/aromatic N) is 5. The van der Waals surface area contributed by atoms with E-state index in [-0.39, 0.29) is 5.91 Å². The molecule has 0 saturated carbocycles. The van der Waals surface area contributed by atoms with Gasteiger partial charge in [0.25, 0.3) is 0 Å². The maximum absolute atomic E-state index is 11.9. The van der Waals surface area contributed by atoms with Crippen molar-refractivity contribution in [3.63, 3.8) is 0 Å². The van der Waals surface area contributed by atoms with Crippen LogP contribution in [0.25, 0.3) is 11.3 Å². The van der Waals surface area contributed by atoms with Crippen molar-refractivity contribution in [3.8, 4) is 17.1 Å². The second-order valence-electron chi connectivity index (χ2n) is 6.59. The van der Waals surface area contributed by atoms with Gasteiger partial charge in [0.15, 0.2) is 0 Å². The Balaban J connectivity index is 1.74. The van der Waals surface area contributed by atoms with Gasteiger partial charge in [0, 0.05) is 44.0 Å². The normalized spacial score (nSPS) is 15.0. The van der Waals surface area contributed by atoms with Gasteiger partial charge in [-0.1, -0.05) is 13.8 Å². The summed E-state index contributed by atoms with van der Waals surface area (Å²) in [6, 6.07) is 5.67. The lowest BCUT2D eigenvalue weighted by molar-refractivity contribution is -0.129. The molecule has 1 aliphatic rings.